The van der Waals surface area contributed by atoms with Crippen molar-refractivity contribution in [3.8, 4) is 0 Å². The van der Waals surface area contributed by atoms with Crippen molar-refractivity contribution in [1.29, 1.82) is 0 Å². The van der Waals surface area contributed by atoms with Gasteiger partial charge in [0.15, 0.2) is 0 Å². The maximum Gasteiger partial charge on any atom is 0.0681 e. The molecule has 0 heterocycles. The number of unbranched alkanes of at least 4 members (excludes halogenated alkanes) is 2. The summed E-state index contributed by atoms with van der Waals surface area (Å²) in [5.41, 5.74) is 2.26. The second-order valence-corrected chi connectivity index (χ2v) is 5.19. The molecule has 1 rings (SSSR count). The van der Waals surface area contributed by atoms with Gasteiger partial charge in [0.25, 0.3) is 0 Å². The van der Waals surface area contributed by atoms with Gasteiger partial charge < -0.3 is 10.4 Å². The number of rotatable bonds is 9. The van der Waals surface area contributed by atoms with Crippen molar-refractivity contribution in [1.82, 2.24) is 5.32 Å². The van der Waals surface area contributed by atoms with Gasteiger partial charge in [0, 0.05) is 6.54 Å². The number of hydrogen-bond donors (Lipinski definition) is 2. The van der Waals surface area contributed by atoms with Gasteiger partial charge in [0.05, 0.1) is 6.61 Å². The van der Waals surface area contributed by atoms with Gasteiger partial charge in [0.2, 0.25) is 0 Å². The highest BCUT2D eigenvalue weighted by atomic mass is 32.2. The molecule has 0 radical (unpaired) electrons. The third kappa shape index (κ3) is 6.71. The second-order valence-electron chi connectivity index (χ2n) is 4.20. The topological polar surface area (TPSA) is 32.3 Å². The largest absolute Gasteiger partial charge is 0.392 e. The summed E-state index contributed by atoms with van der Waals surface area (Å²) >= 11 is 1.92. The molecular weight excluding hydrogens is 230 g/mol. The van der Waals surface area contributed by atoms with Gasteiger partial charge in [-0.3, -0.25) is 0 Å². The van der Waals surface area contributed by atoms with Gasteiger partial charge in [-0.25, -0.2) is 0 Å². The third-order valence-corrected chi connectivity index (χ3v) is 3.43. The molecule has 0 unspecified atom stereocenters. The van der Waals surface area contributed by atoms with Crippen LogP contribution in [0.2, 0.25) is 0 Å². The molecule has 0 atom stereocenters. The number of hydrogen-bond acceptors (Lipinski definition) is 3. The zero-order valence-corrected chi connectivity index (χ0v) is 11.4. The van der Waals surface area contributed by atoms with Crippen molar-refractivity contribution in [2.45, 2.75) is 32.4 Å². The van der Waals surface area contributed by atoms with Gasteiger partial charge in [-0.15, -0.1) is 0 Å². The Morgan fingerprint density at radius 3 is 2.41 bits per heavy atom. The van der Waals surface area contributed by atoms with Crippen LogP contribution < -0.4 is 5.32 Å². The van der Waals surface area contributed by atoms with E-state index in [0.29, 0.717) is 0 Å². The van der Waals surface area contributed by atoms with E-state index in [4.69, 9.17) is 5.11 Å². The fraction of sp³-hybridized carbons (Fsp3) is 0.571. The molecule has 0 spiro atoms. The highest BCUT2D eigenvalue weighted by Crippen LogP contribution is 2.04. The summed E-state index contributed by atoms with van der Waals surface area (Å²) in [7, 11) is 0. The number of nitrogens with one attached hydrogen (secondary N) is 1. The molecule has 2 nitrogen and oxygen atoms in total. The van der Waals surface area contributed by atoms with Crippen molar-refractivity contribution in [2.75, 3.05) is 18.6 Å². The number of aliphatic hydroxyl groups excluding tert-OH is 1. The van der Waals surface area contributed by atoms with E-state index in [2.05, 4.69) is 23.7 Å². The predicted octanol–water partition coefficient (Wildman–Crippen LogP) is 2.80. The van der Waals surface area contributed by atoms with Crippen LogP contribution in [0.25, 0.3) is 0 Å². The summed E-state index contributed by atoms with van der Waals surface area (Å²) in [6.07, 6.45) is 6.06. The first-order valence-corrected chi connectivity index (χ1v) is 7.64. The Bertz CT molecular complexity index is 287. The molecule has 1 aromatic rings. The molecule has 96 valence electrons. The van der Waals surface area contributed by atoms with E-state index in [9.17, 15) is 0 Å². The van der Waals surface area contributed by atoms with Gasteiger partial charge in [-0.2, -0.15) is 11.8 Å². The first kappa shape index (κ1) is 14.6. The minimum Gasteiger partial charge on any atom is -0.392 e. The van der Waals surface area contributed by atoms with Crippen molar-refractivity contribution >= 4 is 11.8 Å². The quantitative estimate of drug-likeness (QED) is 0.664. The summed E-state index contributed by atoms with van der Waals surface area (Å²) in [5.74, 6) is 1.28. The Morgan fingerprint density at radius 2 is 1.76 bits per heavy atom. The zero-order chi connectivity index (χ0) is 12.3. The lowest BCUT2D eigenvalue weighted by atomic mass is 10.1. The monoisotopic (exact) mass is 253 g/mol. The Balaban J connectivity index is 2.05. The highest BCUT2D eigenvalue weighted by Gasteiger charge is 1.94. The van der Waals surface area contributed by atoms with Crippen LogP contribution >= 0.6 is 11.8 Å². The maximum atomic E-state index is 8.93. The summed E-state index contributed by atoms with van der Waals surface area (Å²) in [4.78, 5) is 0. The SMILES string of the molecule is CSCCCCCNCc1ccc(CO)cc1. The van der Waals surface area contributed by atoms with Crippen LogP contribution in [0.5, 0.6) is 0 Å². The second kappa shape index (κ2) is 9.51. The Kier molecular flexibility index (Phi) is 8.14. The van der Waals surface area contributed by atoms with Gasteiger partial charge in [0.1, 0.15) is 0 Å². The fourth-order valence-electron chi connectivity index (χ4n) is 1.67. The number of benzene rings is 1. The molecule has 2 N–H and O–H groups in total. The van der Waals surface area contributed by atoms with Crippen LogP contribution in [0, 0.1) is 0 Å². The van der Waals surface area contributed by atoms with Crippen molar-refractivity contribution in [3.05, 3.63) is 35.4 Å². The minimum atomic E-state index is 0.128. The molecule has 0 aliphatic rings. The third-order valence-electron chi connectivity index (χ3n) is 2.74. The van der Waals surface area contributed by atoms with Crippen LogP contribution in [0.1, 0.15) is 30.4 Å². The predicted molar refractivity (Wildman–Crippen MR) is 76.3 cm³/mol. The van der Waals surface area contributed by atoms with E-state index in [-0.39, 0.29) is 6.61 Å². The molecule has 0 saturated heterocycles. The Hall–Kier alpha value is -0.510. The van der Waals surface area contributed by atoms with Crippen LogP contribution in [0.4, 0.5) is 0 Å². The fourth-order valence-corrected chi connectivity index (χ4v) is 2.16. The van der Waals surface area contributed by atoms with Crippen molar-refractivity contribution < 1.29 is 5.11 Å². The number of aliphatic hydroxyl groups is 1. The summed E-state index contributed by atoms with van der Waals surface area (Å²) in [6, 6.07) is 8.11. The van der Waals surface area contributed by atoms with Gasteiger partial charge in [-0.1, -0.05) is 30.7 Å². The summed E-state index contributed by atoms with van der Waals surface area (Å²) < 4.78 is 0. The van der Waals surface area contributed by atoms with E-state index in [1.807, 2.05) is 23.9 Å². The molecule has 1 aromatic carbocycles. The Labute approximate surface area is 109 Å². The normalized spacial score (nSPS) is 10.7. The van der Waals surface area contributed by atoms with E-state index >= 15 is 0 Å². The molecule has 0 aliphatic heterocycles. The van der Waals surface area contributed by atoms with Crippen molar-refractivity contribution in [2.24, 2.45) is 0 Å². The molecule has 0 amide bonds. The summed E-state index contributed by atoms with van der Waals surface area (Å²) in [5, 5.41) is 12.4. The first-order valence-electron chi connectivity index (χ1n) is 6.25. The lowest BCUT2D eigenvalue weighted by Gasteiger charge is -2.05. The summed E-state index contributed by atoms with van der Waals surface area (Å²) in [6.45, 7) is 2.15. The van der Waals surface area contributed by atoms with Crippen LogP contribution in [0.15, 0.2) is 24.3 Å². The maximum absolute atomic E-state index is 8.93. The molecule has 17 heavy (non-hydrogen) atoms. The van der Waals surface area contributed by atoms with E-state index < -0.39 is 0 Å². The smallest absolute Gasteiger partial charge is 0.0681 e. The van der Waals surface area contributed by atoms with E-state index in [1.54, 1.807) is 0 Å². The molecule has 0 saturated carbocycles. The number of thioether (sulfide) groups is 1. The van der Waals surface area contributed by atoms with Gasteiger partial charge in [-0.05, 0) is 42.5 Å². The molecule has 0 fully saturated rings. The standard InChI is InChI=1S/C14H23NOS/c1-17-10-4-2-3-9-15-11-13-5-7-14(12-16)8-6-13/h5-8,15-16H,2-4,9-12H2,1H3. The molecule has 0 aromatic heterocycles. The van der Waals surface area contributed by atoms with Gasteiger partial charge >= 0.3 is 0 Å². The molecule has 0 aliphatic carbocycles. The molecular formula is C14H23NOS. The first-order chi connectivity index (χ1) is 8.36. The van der Waals surface area contributed by atoms with Crippen LogP contribution in [0.3, 0.4) is 0 Å². The lowest BCUT2D eigenvalue weighted by Crippen LogP contribution is -2.14. The average molecular weight is 253 g/mol. The zero-order valence-electron chi connectivity index (χ0n) is 10.6. The Morgan fingerprint density at radius 1 is 1.06 bits per heavy atom. The van der Waals surface area contributed by atoms with E-state index in [0.717, 1.165) is 18.7 Å². The lowest BCUT2D eigenvalue weighted by molar-refractivity contribution is 0.282. The van der Waals surface area contributed by atoms with Crippen molar-refractivity contribution in [3.63, 3.8) is 0 Å². The van der Waals surface area contributed by atoms with Crippen LogP contribution in [-0.2, 0) is 13.2 Å². The molecule has 3 heteroatoms. The van der Waals surface area contributed by atoms with E-state index in [1.165, 1.54) is 30.6 Å². The van der Waals surface area contributed by atoms with Crippen LogP contribution in [-0.4, -0.2) is 23.7 Å². The highest BCUT2D eigenvalue weighted by molar-refractivity contribution is 7.98. The average Bonchev–Trinajstić information content (AvgIpc) is 2.38. The minimum absolute atomic E-state index is 0.128. The molecule has 0 bridgehead atoms.